The highest BCUT2D eigenvalue weighted by Crippen LogP contribution is 2.20. The Balaban J connectivity index is 2.71. The average molecular weight is 267 g/mol. The second kappa shape index (κ2) is 8.03. The lowest BCUT2D eigenvalue weighted by atomic mass is 10.1. The van der Waals surface area contributed by atoms with Crippen LogP contribution in [0.2, 0.25) is 0 Å². The summed E-state index contributed by atoms with van der Waals surface area (Å²) in [5, 5.41) is 3.25. The van der Waals surface area contributed by atoms with Gasteiger partial charge in [-0.2, -0.15) is 0 Å². The molecule has 0 amide bonds. The Hall–Kier alpha value is -1.16. The van der Waals surface area contributed by atoms with Crippen LogP contribution in [0.15, 0.2) is 29.2 Å². The van der Waals surface area contributed by atoms with Crippen LogP contribution < -0.4 is 5.32 Å². The maximum Gasteiger partial charge on any atom is 0.328 e. The number of unbranched alkanes of at least 4 members (excludes halogenated alkanes) is 1. The van der Waals surface area contributed by atoms with Gasteiger partial charge < -0.3 is 10.1 Å². The summed E-state index contributed by atoms with van der Waals surface area (Å²) in [5.74, 6) is -0.196. The van der Waals surface area contributed by atoms with Crippen LogP contribution in [-0.4, -0.2) is 25.4 Å². The first-order chi connectivity index (χ1) is 8.71. The second-order valence-corrected chi connectivity index (χ2v) is 4.97. The fourth-order valence-electron chi connectivity index (χ4n) is 1.71. The Morgan fingerprint density at radius 1 is 1.50 bits per heavy atom. The summed E-state index contributed by atoms with van der Waals surface area (Å²) in [5.41, 5.74) is 0.966. The van der Waals surface area contributed by atoms with Gasteiger partial charge in [-0.05, 0) is 30.9 Å². The third kappa shape index (κ3) is 4.61. The molecule has 0 saturated heterocycles. The highest BCUT2D eigenvalue weighted by molar-refractivity contribution is 7.98. The predicted molar refractivity (Wildman–Crippen MR) is 77.2 cm³/mol. The highest BCUT2D eigenvalue weighted by atomic mass is 32.2. The summed E-state index contributed by atoms with van der Waals surface area (Å²) >= 11 is 1.69. The number of thioether (sulfide) groups is 1. The predicted octanol–water partition coefficient (Wildman–Crippen LogP) is 3.55. The van der Waals surface area contributed by atoms with Gasteiger partial charge >= 0.3 is 5.97 Å². The summed E-state index contributed by atoms with van der Waals surface area (Å²) in [7, 11) is 1.43. The van der Waals surface area contributed by atoms with Gasteiger partial charge in [0.1, 0.15) is 6.04 Å². The van der Waals surface area contributed by atoms with Crippen molar-refractivity contribution in [2.45, 2.75) is 37.1 Å². The van der Waals surface area contributed by atoms with E-state index in [4.69, 9.17) is 4.74 Å². The van der Waals surface area contributed by atoms with Gasteiger partial charge in [0.05, 0.1) is 7.11 Å². The van der Waals surface area contributed by atoms with Crippen molar-refractivity contribution >= 4 is 23.4 Å². The molecular weight excluding hydrogens is 246 g/mol. The van der Waals surface area contributed by atoms with E-state index >= 15 is 0 Å². The number of hydrogen-bond acceptors (Lipinski definition) is 4. The Morgan fingerprint density at radius 3 is 2.89 bits per heavy atom. The lowest BCUT2D eigenvalue weighted by Crippen LogP contribution is -2.30. The number of ether oxygens (including phenoxy) is 1. The van der Waals surface area contributed by atoms with Gasteiger partial charge in [-0.15, -0.1) is 11.8 Å². The number of methoxy groups -OCH3 is 1. The van der Waals surface area contributed by atoms with E-state index in [1.54, 1.807) is 11.8 Å². The van der Waals surface area contributed by atoms with Crippen LogP contribution in [0, 0.1) is 0 Å². The summed E-state index contributed by atoms with van der Waals surface area (Å²) in [6, 6.07) is 7.80. The molecule has 4 heteroatoms. The summed E-state index contributed by atoms with van der Waals surface area (Å²) in [4.78, 5) is 12.9. The van der Waals surface area contributed by atoms with E-state index in [0.29, 0.717) is 0 Å². The quantitative estimate of drug-likeness (QED) is 0.605. The van der Waals surface area contributed by atoms with Crippen molar-refractivity contribution in [2.75, 3.05) is 18.7 Å². The molecule has 0 saturated carbocycles. The lowest BCUT2D eigenvalue weighted by molar-refractivity contribution is -0.141. The molecule has 0 aliphatic heterocycles. The number of benzene rings is 1. The van der Waals surface area contributed by atoms with Gasteiger partial charge in [0, 0.05) is 10.6 Å². The maximum atomic E-state index is 11.7. The van der Waals surface area contributed by atoms with Gasteiger partial charge in [-0.1, -0.05) is 25.8 Å². The van der Waals surface area contributed by atoms with E-state index in [2.05, 4.69) is 18.3 Å². The van der Waals surface area contributed by atoms with Crippen LogP contribution in [-0.2, 0) is 9.53 Å². The lowest BCUT2D eigenvalue weighted by Gasteiger charge is -2.17. The molecule has 1 atom stereocenters. The zero-order chi connectivity index (χ0) is 13.4. The molecule has 1 aromatic carbocycles. The van der Waals surface area contributed by atoms with Crippen LogP contribution >= 0.6 is 11.8 Å². The maximum absolute atomic E-state index is 11.7. The molecule has 100 valence electrons. The van der Waals surface area contributed by atoms with Crippen LogP contribution in [0.25, 0.3) is 0 Å². The minimum absolute atomic E-state index is 0.196. The Morgan fingerprint density at radius 2 is 2.28 bits per heavy atom. The molecule has 0 radical (unpaired) electrons. The van der Waals surface area contributed by atoms with Crippen molar-refractivity contribution in [3.05, 3.63) is 24.3 Å². The topological polar surface area (TPSA) is 38.3 Å². The van der Waals surface area contributed by atoms with Crippen LogP contribution in [0.3, 0.4) is 0 Å². The minimum Gasteiger partial charge on any atom is -0.467 e. The molecule has 0 aliphatic carbocycles. The van der Waals surface area contributed by atoms with Crippen LogP contribution in [0.5, 0.6) is 0 Å². The van der Waals surface area contributed by atoms with Gasteiger partial charge in [0.25, 0.3) is 0 Å². The van der Waals surface area contributed by atoms with Gasteiger partial charge in [0.2, 0.25) is 0 Å². The first-order valence-electron chi connectivity index (χ1n) is 6.19. The third-order valence-corrected chi connectivity index (χ3v) is 3.47. The van der Waals surface area contributed by atoms with E-state index in [0.717, 1.165) is 24.9 Å². The van der Waals surface area contributed by atoms with Crippen molar-refractivity contribution in [1.29, 1.82) is 0 Å². The number of hydrogen-bond donors (Lipinski definition) is 1. The van der Waals surface area contributed by atoms with E-state index in [1.807, 2.05) is 24.5 Å². The molecule has 1 unspecified atom stereocenters. The number of nitrogens with one attached hydrogen (secondary N) is 1. The number of carbonyl (C=O) groups is 1. The molecule has 0 heterocycles. The molecule has 0 bridgehead atoms. The molecule has 18 heavy (non-hydrogen) atoms. The number of anilines is 1. The molecule has 1 N–H and O–H groups in total. The standard InChI is InChI=1S/C14H21NO2S/c1-4-5-9-13(14(16)17-2)15-11-7-6-8-12(10-11)18-3/h6-8,10,13,15H,4-5,9H2,1-3H3. The largest absolute Gasteiger partial charge is 0.467 e. The minimum atomic E-state index is -0.257. The second-order valence-electron chi connectivity index (χ2n) is 4.09. The summed E-state index contributed by atoms with van der Waals surface area (Å²) in [6.07, 6.45) is 4.91. The summed E-state index contributed by atoms with van der Waals surface area (Å²) < 4.78 is 4.83. The van der Waals surface area contributed by atoms with Gasteiger partial charge in [0.15, 0.2) is 0 Å². The number of rotatable bonds is 7. The first-order valence-corrected chi connectivity index (χ1v) is 7.42. The molecular formula is C14H21NO2S. The van der Waals surface area contributed by atoms with Crippen molar-refractivity contribution in [3.63, 3.8) is 0 Å². The van der Waals surface area contributed by atoms with E-state index in [1.165, 1.54) is 12.0 Å². The van der Waals surface area contributed by atoms with Crippen molar-refractivity contribution < 1.29 is 9.53 Å². The van der Waals surface area contributed by atoms with Gasteiger partial charge in [-0.3, -0.25) is 0 Å². The van der Waals surface area contributed by atoms with Crippen LogP contribution in [0.1, 0.15) is 26.2 Å². The van der Waals surface area contributed by atoms with Crippen LogP contribution in [0.4, 0.5) is 5.69 Å². The monoisotopic (exact) mass is 267 g/mol. The number of carbonyl (C=O) groups excluding carboxylic acids is 1. The summed E-state index contributed by atoms with van der Waals surface area (Å²) in [6.45, 7) is 2.11. The molecule has 0 fully saturated rings. The normalized spacial score (nSPS) is 11.9. The van der Waals surface area contributed by atoms with E-state index in [9.17, 15) is 4.79 Å². The average Bonchev–Trinajstić information content (AvgIpc) is 2.42. The fraction of sp³-hybridized carbons (Fsp3) is 0.500. The van der Waals surface area contributed by atoms with Crippen molar-refractivity contribution in [3.8, 4) is 0 Å². The zero-order valence-electron chi connectivity index (χ0n) is 11.2. The van der Waals surface area contributed by atoms with Crippen molar-refractivity contribution in [1.82, 2.24) is 0 Å². The molecule has 0 aliphatic rings. The first kappa shape index (κ1) is 14.9. The Bertz CT molecular complexity index is 382. The van der Waals surface area contributed by atoms with Gasteiger partial charge in [-0.25, -0.2) is 4.79 Å². The molecule has 1 rings (SSSR count). The molecule has 3 nitrogen and oxygen atoms in total. The highest BCUT2D eigenvalue weighted by Gasteiger charge is 2.18. The van der Waals surface area contributed by atoms with Crippen molar-refractivity contribution in [2.24, 2.45) is 0 Å². The zero-order valence-corrected chi connectivity index (χ0v) is 12.0. The smallest absolute Gasteiger partial charge is 0.328 e. The fourth-order valence-corrected chi connectivity index (χ4v) is 2.17. The third-order valence-electron chi connectivity index (χ3n) is 2.74. The molecule has 0 aromatic heterocycles. The SMILES string of the molecule is CCCCC(Nc1cccc(SC)c1)C(=O)OC. The van der Waals surface area contributed by atoms with E-state index in [-0.39, 0.29) is 12.0 Å². The Labute approximate surface area is 113 Å². The van der Waals surface area contributed by atoms with E-state index < -0.39 is 0 Å². The number of esters is 1. The molecule has 0 spiro atoms. The molecule has 1 aromatic rings. The Kier molecular flexibility index (Phi) is 6.65.